The number of ether oxygens (including phenoxy) is 1. The molecule has 0 heterocycles. The largest absolute Gasteiger partial charge is 0.457 e. The molecule has 0 aliphatic carbocycles. The molecule has 0 aliphatic heterocycles. The summed E-state index contributed by atoms with van der Waals surface area (Å²) in [7, 11) is 0.0671. The molecule has 0 saturated carbocycles. The second kappa shape index (κ2) is 2.77. The van der Waals surface area contributed by atoms with Gasteiger partial charge in [-0.05, 0) is 0 Å². The second-order valence-electron chi connectivity index (χ2n) is 1.84. The van der Waals surface area contributed by atoms with Crippen LogP contribution in [0.4, 0.5) is 26.3 Å². The van der Waals surface area contributed by atoms with E-state index in [1.807, 2.05) is 0 Å². The van der Waals surface area contributed by atoms with Crippen molar-refractivity contribution in [3.05, 3.63) is 0 Å². The summed E-state index contributed by atoms with van der Waals surface area (Å²) in [5, 5.41) is 7.52. The second-order valence-corrected chi connectivity index (χ2v) is 1.84. The van der Waals surface area contributed by atoms with Crippen LogP contribution in [-0.4, -0.2) is 30.4 Å². The summed E-state index contributed by atoms with van der Waals surface area (Å²) in [6.07, 6.45) is -11.6. The van der Waals surface area contributed by atoms with Gasteiger partial charge >= 0.3 is 18.1 Å². The Bertz CT molecular complexity index is 144. The van der Waals surface area contributed by atoms with Gasteiger partial charge in [-0.3, -0.25) is 0 Å². The number of halogens is 6. The zero-order valence-electron chi connectivity index (χ0n) is 5.62. The van der Waals surface area contributed by atoms with E-state index in [9.17, 15) is 26.3 Å². The highest BCUT2D eigenvalue weighted by atomic mass is 19.4. The maximum atomic E-state index is 12.2. The van der Waals surface area contributed by atoms with Crippen molar-refractivity contribution in [2.24, 2.45) is 0 Å². The fraction of sp³-hybridized carbons (Fsp3) is 1.00. The van der Waals surface area contributed by atoms with Crippen molar-refractivity contribution in [2.45, 2.75) is 18.1 Å². The molecule has 0 aromatic heterocycles. The quantitative estimate of drug-likeness (QED) is 0.680. The average Bonchev–Trinajstić information content (AvgIpc) is 1.81. The van der Waals surface area contributed by atoms with Crippen LogP contribution in [0.5, 0.6) is 0 Å². The van der Waals surface area contributed by atoms with E-state index in [2.05, 4.69) is 4.74 Å². The lowest BCUT2D eigenvalue weighted by molar-refractivity contribution is -0.444. The number of methoxy groups -OCH3 is 1. The van der Waals surface area contributed by atoms with Crippen LogP contribution in [0.3, 0.4) is 0 Å². The molecular formula is C4H4F6O2. The van der Waals surface area contributed by atoms with Crippen molar-refractivity contribution < 1.29 is 36.2 Å². The fourth-order valence-corrected chi connectivity index (χ4v) is 0.409. The van der Waals surface area contributed by atoms with Crippen molar-refractivity contribution in [2.75, 3.05) is 7.11 Å². The minimum absolute atomic E-state index is 0.0671. The number of hydrogen-bond acceptors (Lipinski definition) is 2. The minimum Gasteiger partial charge on any atom is -0.336 e. The molecule has 1 N–H and O–H groups in total. The van der Waals surface area contributed by atoms with E-state index in [-0.39, 0.29) is 7.11 Å². The summed E-state index contributed by atoms with van der Waals surface area (Å²) in [5.41, 5.74) is 0. The van der Waals surface area contributed by atoms with Gasteiger partial charge in [0.05, 0.1) is 0 Å². The van der Waals surface area contributed by atoms with Gasteiger partial charge in [0.2, 0.25) is 0 Å². The van der Waals surface area contributed by atoms with Gasteiger partial charge in [-0.25, -0.2) is 0 Å². The smallest absolute Gasteiger partial charge is 0.336 e. The standard InChI is InChI=1S/C4H4F6O2/c1-12-2(5,3(6,7)8)4(9,10)11/h11H,1H3. The maximum absolute atomic E-state index is 12.2. The molecule has 1 unspecified atom stereocenters. The first-order valence-corrected chi connectivity index (χ1v) is 2.47. The molecule has 0 amide bonds. The number of alkyl halides is 6. The summed E-state index contributed by atoms with van der Waals surface area (Å²) in [5.74, 6) is -5.36. The third kappa shape index (κ3) is 1.63. The lowest BCUT2D eigenvalue weighted by Gasteiger charge is -2.29. The molecule has 0 radical (unpaired) electrons. The first-order chi connectivity index (χ1) is 5.06. The third-order valence-electron chi connectivity index (χ3n) is 1.03. The summed E-state index contributed by atoms with van der Waals surface area (Å²) < 4.78 is 72.7. The number of aliphatic hydroxyl groups is 1. The van der Waals surface area contributed by atoms with Crippen LogP contribution in [0.2, 0.25) is 0 Å². The van der Waals surface area contributed by atoms with E-state index in [1.165, 1.54) is 0 Å². The van der Waals surface area contributed by atoms with Crippen molar-refractivity contribution in [3.63, 3.8) is 0 Å². The summed E-state index contributed by atoms with van der Waals surface area (Å²) in [6.45, 7) is 0. The summed E-state index contributed by atoms with van der Waals surface area (Å²) in [4.78, 5) is 0. The van der Waals surface area contributed by atoms with Crippen LogP contribution in [0.25, 0.3) is 0 Å². The fourth-order valence-electron chi connectivity index (χ4n) is 0.409. The van der Waals surface area contributed by atoms with Crippen molar-refractivity contribution in [1.82, 2.24) is 0 Å². The van der Waals surface area contributed by atoms with Crippen molar-refractivity contribution in [1.29, 1.82) is 0 Å². The first-order valence-electron chi connectivity index (χ1n) is 2.47. The predicted molar refractivity (Wildman–Crippen MR) is 24.1 cm³/mol. The Labute approximate surface area is 62.7 Å². The normalized spacial score (nSPS) is 19.0. The lowest BCUT2D eigenvalue weighted by Crippen LogP contribution is -2.56. The molecule has 0 aromatic rings. The minimum atomic E-state index is -6.00. The monoisotopic (exact) mass is 198 g/mol. The van der Waals surface area contributed by atoms with Crippen LogP contribution in [0.15, 0.2) is 0 Å². The maximum Gasteiger partial charge on any atom is 0.457 e. The lowest BCUT2D eigenvalue weighted by atomic mass is 10.3. The molecule has 0 saturated heterocycles. The molecule has 74 valence electrons. The van der Waals surface area contributed by atoms with Crippen LogP contribution < -0.4 is 0 Å². The van der Waals surface area contributed by atoms with Crippen LogP contribution in [0, 0.1) is 0 Å². The number of hydrogen-bond donors (Lipinski definition) is 1. The highest BCUT2D eigenvalue weighted by Crippen LogP contribution is 2.44. The van der Waals surface area contributed by atoms with Gasteiger partial charge in [-0.1, -0.05) is 0 Å². The van der Waals surface area contributed by atoms with Crippen LogP contribution in [0.1, 0.15) is 0 Å². The van der Waals surface area contributed by atoms with Gasteiger partial charge < -0.3 is 9.84 Å². The highest BCUT2D eigenvalue weighted by Gasteiger charge is 2.72. The molecule has 0 aliphatic rings. The van der Waals surface area contributed by atoms with Crippen molar-refractivity contribution in [3.8, 4) is 0 Å². The molecule has 8 heteroatoms. The Kier molecular flexibility index (Phi) is 2.65. The van der Waals surface area contributed by atoms with Gasteiger partial charge in [0, 0.05) is 7.11 Å². The summed E-state index contributed by atoms with van der Waals surface area (Å²) in [6, 6.07) is 0. The SMILES string of the molecule is COC(F)(C(O)(F)F)C(F)(F)F. The van der Waals surface area contributed by atoms with E-state index in [0.717, 1.165) is 0 Å². The molecule has 12 heavy (non-hydrogen) atoms. The molecule has 0 rings (SSSR count). The highest BCUT2D eigenvalue weighted by molar-refractivity contribution is 4.84. The first kappa shape index (κ1) is 11.5. The van der Waals surface area contributed by atoms with Crippen LogP contribution in [-0.2, 0) is 4.74 Å². The van der Waals surface area contributed by atoms with Gasteiger partial charge in [-0.15, -0.1) is 0 Å². The molecule has 1 atom stereocenters. The topological polar surface area (TPSA) is 29.5 Å². The van der Waals surface area contributed by atoms with E-state index in [1.54, 1.807) is 0 Å². The molecule has 2 nitrogen and oxygen atoms in total. The average molecular weight is 198 g/mol. The number of rotatable bonds is 2. The zero-order valence-corrected chi connectivity index (χ0v) is 5.62. The van der Waals surface area contributed by atoms with Crippen LogP contribution >= 0.6 is 0 Å². The Hall–Kier alpha value is -0.500. The Morgan fingerprint density at radius 2 is 1.33 bits per heavy atom. The molecule has 0 bridgehead atoms. The van der Waals surface area contributed by atoms with Gasteiger partial charge in [-0.2, -0.15) is 26.3 Å². The van der Waals surface area contributed by atoms with E-state index in [4.69, 9.17) is 5.11 Å². The Morgan fingerprint density at radius 1 is 1.00 bits per heavy atom. The predicted octanol–water partition coefficient (Wildman–Crippen LogP) is 1.45. The molecule has 0 spiro atoms. The van der Waals surface area contributed by atoms with E-state index < -0.39 is 18.1 Å². The van der Waals surface area contributed by atoms with E-state index in [0.29, 0.717) is 0 Å². The van der Waals surface area contributed by atoms with E-state index >= 15 is 0 Å². The Morgan fingerprint density at radius 3 is 1.33 bits per heavy atom. The van der Waals surface area contributed by atoms with Gasteiger partial charge in [0.15, 0.2) is 0 Å². The molecular weight excluding hydrogens is 194 g/mol. The van der Waals surface area contributed by atoms with Gasteiger partial charge in [0.1, 0.15) is 0 Å². The summed E-state index contributed by atoms with van der Waals surface area (Å²) >= 11 is 0. The van der Waals surface area contributed by atoms with Gasteiger partial charge in [0.25, 0.3) is 0 Å². The van der Waals surface area contributed by atoms with Crippen molar-refractivity contribution >= 4 is 0 Å². The zero-order chi connectivity index (χ0) is 10.2. The molecule has 0 fully saturated rings. The molecule has 0 aromatic carbocycles. The Balaban J connectivity index is 4.95. The third-order valence-corrected chi connectivity index (χ3v) is 1.03.